The number of carboxylic acid groups (broad SMARTS) is 1. The van der Waals surface area contributed by atoms with Crippen LogP contribution in [0.15, 0.2) is 42.6 Å². The van der Waals surface area contributed by atoms with Crippen LogP contribution < -0.4 is 5.11 Å². The van der Waals surface area contributed by atoms with Crippen LogP contribution in [-0.2, 0) is 7.05 Å². The lowest BCUT2D eigenvalue weighted by Crippen LogP contribution is -2.21. The molecular weight excluding hydrogens is 218 g/mol. The van der Waals surface area contributed by atoms with Crippen LogP contribution >= 0.6 is 0 Å². The van der Waals surface area contributed by atoms with Crippen molar-refractivity contribution in [2.24, 2.45) is 7.05 Å². The molecule has 0 fully saturated rings. The first-order valence-corrected chi connectivity index (χ1v) is 5.07. The minimum absolute atomic E-state index is 0.00628. The molecule has 0 aliphatic carbocycles. The highest BCUT2D eigenvalue weighted by Crippen LogP contribution is 2.12. The van der Waals surface area contributed by atoms with Gasteiger partial charge in [0.25, 0.3) is 0 Å². The third-order valence-corrected chi connectivity index (χ3v) is 2.51. The monoisotopic (exact) mass is 228 g/mol. The molecule has 4 nitrogen and oxygen atoms in total. The Kier molecular flexibility index (Phi) is 2.78. The molecule has 1 aromatic heterocycles. The minimum atomic E-state index is -1.28. The van der Waals surface area contributed by atoms with Crippen LogP contribution in [0.1, 0.15) is 26.4 Å². The van der Waals surface area contributed by atoms with Crippen LogP contribution in [0.4, 0.5) is 0 Å². The number of benzene rings is 1. The lowest BCUT2D eigenvalue weighted by atomic mass is 10.1. The van der Waals surface area contributed by atoms with Gasteiger partial charge in [0.1, 0.15) is 0 Å². The second-order valence-corrected chi connectivity index (χ2v) is 3.71. The van der Waals surface area contributed by atoms with Gasteiger partial charge in [-0.3, -0.25) is 4.79 Å². The molecule has 0 atom stereocenters. The fourth-order valence-corrected chi connectivity index (χ4v) is 1.64. The Labute approximate surface area is 98.1 Å². The van der Waals surface area contributed by atoms with Crippen molar-refractivity contribution >= 4 is 11.8 Å². The van der Waals surface area contributed by atoms with Crippen LogP contribution in [0.2, 0.25) is 0 Å². The fourth-order valence-electron chi connectivity index (χ4n) is 1.64. The molecule has 0 saturated heterocycles. The molecule has 2 aromatic rings. The van der Waals surface area contributed by atoms with E-state index in [4.69, 9.17) is 0 Å². The molecule has 4 heteroatoms. The van der Waals surface area contributed by atoms with Gasteiger partial charge in [0.15, 0.2) is 0 Å². The molecule has 0 N–H and O–H groups in total. The molecule has 86 valence electrons. The largest absolute Gasteiger partial charge is 0.545 e. The third kappa shape index (κ3) is 2.10. The van der Waals surface area contributed by atoms with Crippen molar-refractivity contribution in [3.63, 3.8) is 0 Å². The van der Waals surface area contributed by atoms with Gasteiger partial charge in [0.05, 0.1) is 11.7 Å². The van der Waals surface area contributed by atoms with Gasteiger partial charge in [0, 0.05) is 24.4 Å². The van der Waals surface area contributed by atoms with Gasteiger partial charge in [-0.15, -0.1) is 0 Å². The number of carbonyl (C=O) groups is 2. The van der Waals surface area contributed by atoms with E-state index in [1.807, 2.05) is 6.07 Å². The van der Waals surface area contributed by atoms with E-state index in [0.29, 0.717) is 11.3 Å². The standard InChI is InChI=1S/C13H11NO3/c1-14-8-10(13(16)17)7-11(14)12(15)9-5-3-2-4-6-9/h2-8H,1H3,(H,16,17)/p-1. The Morgan fingerprint density at radius 3 is 2.29 bits per heavy atom. The Balaban J connectivity index is 2.41. The van der Waals surface area contributed by atoms with Crippen molar-refractivity contribution in [3.8, 4) is 0 Å². The first-order chi connectivity index (χ1) is 8.09. The predicted molar refractivity (Wildman–Crippen MR) is 59.6 cm³/mol. The van der Waals surface area contributed by atoms with E-state index >= 15 is 0 Å². The summed E-state index contributed by atoms with van der Waals surface area (Å²) in [6, 6.07) is 10.0. The Morgan fingerprint density at radius 1 is 1.12 bits per heavy atom. The zero-order chi connectivity index (χ0) is 12.4. The second-order valence-electron chi connectivity index (χ2n) is 3.71. The summed E-state index contributed by atoms with van der Waals surface area (Å²) in [7, 11) is 1.63. The summed E-state index contributed by atoms with van der Waals surface area (Å²) in [6.07, 6.45) is 1.37. The average molecular weight is 228 g/mol. The Bertz CT molecular complexity index is 570. The quantitative estimate of drug-likeness (QED) is 0.723. The summed E-state index contributed by atoms with van der Waals surface area (Å²) in [6.45, 7) is 0. The number of aryl methyl sites for hydroxylation is 1. The summed E-state index contributed by atoms with van der Waals surface area (Å²) in [5, 5.41) is 10.7. The van der Waals surface area contributed by atoms with E-state index in [9.17, 15) is 14.7 Å². The van der Waals surface area contributed by atoms with Gasteiger partial charge in [-0.1, -0.05) is 30.3 Å². The number of ketones is 1. The highest BCUT2D eigenvalue weighted by atomic mass is 16.4. The summed E-state index contributed by atoms with van der Waals surface area (Å²) >= 11 is 0. The zero-order valence-electron chi connectivity index (χ0n) is 9.21. The van der Waals surface area contributed by atoms with Crippen LogP contribution in [0, 0.1) is 0 Å². The van der Waals surface area contributed by atoms with E-state index in [1.54, 1.807) is 31.3 Å². The van der Waals surface area contributed by atoms with Crippen molar-refractivity contribution in [1.29, 1.82) is 0 Å². The molecule has 1 aromatic carbocycles. The fraction of sp³-hybridized carbons (Fsp3) is 0.0769. The normalized spacial score (nSPS) is 10.2. The maximum atomic E-state index is 12.1. The summed E-state index contributed by atoms with van der Waals surface area (Å²) in [5.41, 5.74) is 0.862. The van der Waals surface area contributed by atoms with Crippen molar-refractivity contribution in [2.45, 2.75) is 0 Å². The SMILES string of the molecule is Cn1cc(C(=O)[O-])cc1C(=O)c1ccccc1. The Hall–Kier alpha value is -2.36. The Morgan fingerprint density at radius 2 is 1.76 bits per heavy atom. The third-order valence-electron chi connectivity index (χ3n) is 2.51. The molecule has 0 unspecified atom stereocenters. The second kappa shape index (κ2) is 4.25. The molecule has 17 heavy (non-hydrogen) atoms. The molecule has 2 rings (SSSR count). The van der Waals surface area contributed by atoms with Gasteiger partial charge in [-0.25, -0.2) is 0 Å². The molecule has 0 aliphatic heterocycles. The van der Waals surface area contributed by atoms with Crippen molar-refractivity contribution in [2.75, 3.05) is 0 Å². The van der Waals surface area contributed by atoms with Crippen molar-refractivity contribution < 1.29 is 14.7 Å². The highest BCUT2D eigenvalue weighted by molar-refractivity contribution is 6.09. The zero-order valence-corrected chi connectivity index (χ0v) is 9.21. The smallest absolute Gasteiger partial charge is 0.209 e. The van der Waals surface area contributed by atoms with Crippen LogP contribution in [0.25, 0.3) is 0 Å². The molecule has 0 aliphatic rings. The minimum Gasteiger partial charge on any atom is -0.545 e. The maximum absolute atomic E-state index is 12.1. The van der Waals surface area contributed by atoms with Gasteiger partial charge in [0.2, 0.25) is 5.78 Å². The number of hydrogen-bond acceptors (Lipinski definition) is 3. The van der Waals surface area contributed by atoms with E-state index in [2.05, 4.69) is 0 Å². The molecule has 0 saturated carbocycles. The highest BCUT2D eigenvalue weighted by Gasteiger charge is 2.13. The molecule has 0 spiro atoms. The molecule has 0 amide bonds. The topological polar surface area (TPSA) is 62.1 Å². The average Bonchev–Trinajstić information content (AvgIpc) is 2.72. The summed E-state index contributed by atoms with van der Waals surface area (Å²) < 4.78 is 1.49. The molecule has 0 bridgehead atoms. The lowest BCUT2D eigenvalue weighted by molar-refractivity contribution is -0.255. The first kappa shape index (κ1) is 11.1. The molecule has 1 heterocycles. The first-order valence-electron chi connectivity index (χ1n) is 5.07. The molecule has 0 radical (unpaired) electrons. The van der Waals surface area contributed by atoms with Gasteiger partial charge in [-0.05, 0) is 6.07 Å². The molecular formula is C13H10NO3-. The van der Waals surface area contributed by atoms with Crippen LogP contribution in [0.5, 0.6) is 0 Å². The number of aromatic nitrogens is 1. The number of rotatable bonds is 3. The van der Waals surface area contributed by atoms with Gasteiger partial charge < -0.3 is 14.5 Å². The van der Waals surface area contributed by atoms with Crippen molar-refractivity contribution in [1.82, 2.24) is 4.57 Å². The summed E-state index contributed by atoms with van der Waals surface area (Å²) in [5.74, 6) is -1.49. The lowest BCUT2D eigenvalue weighted by Gasteiger charge is -2.01. The number of hydrogen-bond donors (Lipinski definition) is 0. The van der Waals surface area contributed by atoms with Crippen LogP contribution in [-0.4, -0.2) is 16.3 Å². The van der Waals surface area contributed by atoms with E-state index in [1.165, 1.54) is 16.8 Å². The van der Waals surface area contributed by atoms with Gasteiger partial charge in [-0.2, -0.15) is 0 Å². The number of carbonyl (C=O) groups excluding carboxylic acids is 2. The summed E-state index contributed by atoms with van der Waals surface area (Å²) in [4.78, 5) is 22.8. The number of carboxylic acids is 1. The number of aromatic carboxylic acids is 1. The van der Waals surface area contributed by atoms with E-state index in [0.717, 1.165) is 0 Å². The van der Waals surface area contributed by atoms with E-state index < -0.39 is 5.97 Å². The van der Waals surface area contributed by atoms with Gasteiger partial charge >= 0.3 is 0 Å². The van der Waals surface area contributed by atoms with Crippen molar-refractivity contribution in [3.05, 3.63) is 59.4 Å². The maximum Gasteiger partial charge on any atom is 0.209 e. The van der Waals surface area contributed by atoms with E-state index in [-0.39, 0.29) is 11.3 Å². The predicted octanol–water partition coefficient (Wildman–Crippen LogP) is 0.620. The number of nitrogens with zero attached hydrogens (tertiary/aromatic N) is 1. The van der Waals surface area contributed by atoms with Crippen LogP contribution in [0.3, 0.4) is 0 Å².